The van der Waals surface area contributed by atoms with Gasteiger partial charge in [0.15, 0.2) is 0 Å². The summed E-state index contributed by atoms with van der Waals surface area (Å²) in [5.74, 6) is -1.20. The molecule has 0 unspecified atom stereocenters. The maximum absolute atomic E-state index is 11.8. The third kappa shape index (κ3) is 5.32. The van der Waals surface area contributed by atoms with Gasteiger partial charge in [-0.25, -0.2) is 4.79 Å². The van der Waals surface area contributed by atoms with Crippen molar-refractivity contribution in [2.24, 2.45) is 0 Å². The molecule has 2 rings (SSSR count). The monoisotopic (exact) mass is 360 g/mol. The summed E-state index contributed by atoms with van der Waals surface area (Å²) in [6.07, 6.45) is 0. The number of amides is 1. The van der Waals surface area contributed by atoms with E-state index in [0.717, 1.165) is 10.5 Å². The molecule has 0 spiro atoms. The molecular weight excluding hydrogens is 344 g/mol. The molecule has 0 saturated heterocycles. The summed E-state index contributed by atoms with van der Waals surface area (Å²) in [5.41, 5.74) is 1.45. The Labute approximate surface area is 148 Å². The maximum atomic E-state index is 11.8. The minimum Gasteiger partial charge on any atom is -0.459 e. The average molecular weight is 360 g/mol. The smallest absolute Gasteiger partial charge is 0.397 e. The number of para-hydroxylation sites is 1. The Balaban J connectivity index is 2.04. The molecule has 0 radical (unpaired) electrons. The molecule has 130 valence electrons. The molecule has 2 aromatic carbocycles. The van der Waals surface area contributed by atoms with Crippen molar-refractivity contribution < 1.29 is 19.2 Å². The molecular formula is C17H16N2O5S. The van der Waals surface area contributed by atoms with Crippen molar-refractivity contribution in [2.45, 2.75) is 17.6 Å². The van der Waals surface area contributed by atoms with Crippen molar-refractivity contribution in [2.75, 3.05) is 11.9 Å². The van der Waals surface area contributed by atoms with Crippen molar-refractivity contribution in [3.05, 3.63) is 64.2 Å². The highest BCUT2D eigenvalue weighted by Crippen LogP contribution is 2.30. The van der Waals surface area contributed by atoms with Gasteiger partial charge in [0, 0.05) is 22.8 Å². The molecule has 7 nitrogen and oxygen atoms in total. The number of nitro groups is 1. The largest absolute Gasteiger partial charge is 0.459 e. The van der Waals surface area contributed by atoms with Gasteiger partial charge in [0.2, 0.25) is 0 Å². The van der Waals surface area contributed by atoms with Gasteiger partial charge < -0.3 is 10.1 Å². The number of rotatable bonds is 6. The van der Waals surface area contributed by atoms with Crippen molar-refractivity contribution in [1.82, 2.24) is 0 Å². The van der Waals surface area contributed by atoms with E-state index in [1.165, 1.54) is 23.9 Å². The number of hydrogen-bond acceptors (Lipinski definition) is 6. The number of benzene rings is 2. The van der Waals surface area contributed by atoms with Gasteiger partial charge in [0.05, 0.1) is 17.2 Å². The summed E-state index contributed by atoms with van der Waals surface area (Å²) in [6, 6.07) is 13.3. The Hall–Kier alpha value is -2.87. The van der Waals surface area contributed by atoms with Crippen molar-refractivity contribution in [3.63, 3.8) is 0 Å². The number of hydrogen-bond donors (Lipinski definition) is 1. The van der Waals surface area contributed by atoms with E-state index >= 15 is 0 Å². The Morgan fingerprint density at radius 1 is 1.16 bits per heavy atom. The Kier molecular flexibility index (Phi) is 6.53. The van der Waals surface area contributed by atoms with Crippen LogP contribution in [0, 0.1) is 10.1 Å². The van der Waals surface area contributed by atoms with Gasteiger partial charge in [-0.2, -0.15) is 0 Å². The van der Waals surface area contributed by atoms with Crippen LogP contribution in [0.1, 0.15) is 12.5 Å². The molecule has 0 atom stereocenters. The van der Waals surface area contributed by atoms with E-state index in [0.29, 0.717) is 11.4 Å². The van der Waals surface area contributed by atoms with E-state index in [1.807, 2.05) is 12.1 Å². The maximum Gasteiger partial charge on any atom is 0.397 e. The summed E-state index contributed by atoms with van der Waals surface area (Å²) < 4.78 is 4.66. The van der Waals surface area contributed by atoms with Crippen LogP contribution >= 0.6 is 11.8 Å². The predicted octanol–water partition coefficient (Wildman–Crippen LogP) is 3.39. The van der Waals surface area contributed by atoms with Gasteiger partial charge in [0.1, 0.15) is 0 Å². The van der Waals surface area contributed by atoms with E-state index in [-0.39, 0.29) is 12.3 Å². The number of thioether (sulfide) groups is 1. The second-order valence-electron chi connectivity index (χ2n) is 4.88. The lowest BCUT2D eigenvalue weighted by molar-refractivity contribution is -0.384. The fraction of sp³-hybridized carbons (Fsp3) is 0.176. The van der Waals surface area contributed by atoms with Crippen LogP contribution in [0.4, 0.5) is 11.4 Å². The van der Waals surface area contributed by atoms with Gasteiger partial charge in [-0.05, 0) is 24.6 Å². The van der Waals surface area contributed by atoms with Gasteiger partial charge in [-0.3, -0.25) is 14.9 Å². The van der Waals surface area contributed by atoms with Crippen LogP contribution in [0.3, 0.4) is 0 Å². The Morgan fingerprint density at radius 2 is 1.84 bits per heavy atom. The molecule has 2 aromatic rings. The lowest BCUT2D eigenvalue weighted by Crippen LogP contribution is -2.25. The first kappa shape index (κ1) is 18.5. The first-order valence-corrected chi connectivity index (χ1v) is 8.43. The Morgan fingerprint density at radius 3 is 2.48 bits per heavy atom. The second kappa shape index (κ2) is 8.84. The van der Waals surface area contributed by atoms with Crippen LogP contribution in [0.25, 0.3) is 0 Å². The molecule has 1 amide bonds. The number of nitro benzene ring substituents is 1. The van der Waals surface area contributed by atoms with Gasteiger partial charge >= 0.3 is 11.9 Å². The SMILES string of the molecule is CCOC(=O)C(=O)Nc1ccccc1SCc1ccc([N+](=O)[O-])cc1. The number of nitrogens with one attached hydrogen (secondary N) is 1. The van der Waals surface area contributed by atoms with E-state index in [1.54, 1.807) is 31.2 Å². The fourth-order valence-corrected chi connectivity index (χ4v) is 2.90. The first-order valence-electron chi connectivity index (χ1n) is 7.44. The Bertz CT molecular complexity index is 777. The number of non-ortho nitro benzene ring substituents is 1. The molecule has 0 fully saturated rings. The molecule has 8 heteroatoms. The molecule has 0 aliphatic heterocycles. The van der Waals surface area contributed by atoms with Crippen LogP contribution in [-0.2, 0) is 20.1 Å². The normalized spacial score (nSPS) is 10.1. The minimum atomic E-state index is -0.933. The zero-order chi connectivity index (χ0) is 18.2. The average Bonchev–Trinajstić information content (AvgIpc) is 2.61. The number of nitrogens with zero attached hydrogens (tertiary/aromatic N) is 1. The van der Waals surface area contributed by atoms with E-state index in [2.05, 4.69) is 10.1 Å². The van der Waals surface area contributed by atoms with Crippen LogP contribution in [0.2, 0.25) is 0 Å². The van der Waals surface area contributed by atoms with Crippen LogP contribution in [0.5, 0.6) is 0 Å². The number of ether oxygens (including phenoxy) is 1. The second-order valence-corrected chi connectivity index (χ2v) is 5.90. The zero-order valence-corrected chi connectivity index (χ0v) is 14.2. The highest BCUT2D eigenvalue weighted by atomic mass is 32.2. The van der Waals surface area contributed by atoms with E-state index in [9.17, 15) is 19.7 Å². The number of anilines is 1. The van der Waals surface area contributed by atoms with Gasteiger partial charge in [-0.1, -0.05) is 24.3 Å². The van der Waals surface area contributed by atoms with E-state index < -0.39 is 16.8 Å². The molecule has 0 bridgehead atoms. The standard InChI is InChI=1S/C17H16N2O5S/c1-2-24-17(21)16(20)18-14-5-3-4-6-15(14)25-11-12-7-9-13(10-8-12)19(22)23/h3-10H,2,11H2,1H3,(H,18,20). The van der Waals surface area contributed by atoms with Crippen LogP contribution in [-0.4, -0.2) is 23.4 Å². The quantitative estimate of drug-likeness (QED) is 0.279. The van der Waals surface area contributed by atoms with Crippen LogP contribution in [0.15, 0.2) is 53.4 Å². The fourth-order valence-electron chi connectivity index (χ4n) is 1.94. The molecule has 0 aliphatic carbocycles. The van der Waals surface area contributed by atoms with Crippen molar-refractivity contribution in [3.8, 4) is 0 Å². The third-order valence-corrected chi connectivity index (χ3v) is 4.28. The van der Waals surface area contributed by atoms with Gasteiger partial charge in [-0.15, -0.1) is 11.8 Å². The van der Waals surface area contributed by atoms with E-state index in [4.69, 9.17) is 0 Å². The topological polar surface area (TPSA) is 98.5 Å². The summed E-state index contributed by atoms with van der Waals surface area (Å²) in [4.78, 5) is 34.2. The highest BCUT2D eigenvalue weighted by molar-refractivity contribution is 7.98. The highest BCUT2D eigenvalue weighted by Gasteiger charge is 2.16. The number of carbonyl (C=O) groups is 2. The molecule has 0 saturated carbocycles. The minimum absolute atomic E-state index is 0.0378. The zero-order valence-electron chi connectivity index (χ0n) is 13.4. The summed E-state index contributed by atoms with van der Waals surface area (Å²) in [6.45, 7) is 1.75. The van der Waals surface area contributed by atoms with Crippen molar-refractivity contribution >= 4 is 35.0 Å². The lowest BCUT2D eigenvalue weighted by Gasteiger charge is -2.10. The summed E-state index contributed by atoms with van der Waals surface area (Å²) in [7, 11) is 0. The third-order valence-electron chi connectivity index (χ3n) is 3.14. The molecule has 25 heavy (non-hydrogen) atoms. The van der Waals surface area contributed by atoms with Crippen molar-refractivity contribution in [1.29, 1.82) is 0 Å². The molecule has 0 aromatic heterocycles. The summed E-state index contributed by atoms with van der Waals surface area (Å²) in [5, 5.41) is 13.2. The first-order chi connectivity index (χ1) is 12.0. The predicted molar refractivity (Wildman–Crippen MR) is 94.4 cm³/mol. The molecule has 0 aliphatic rings. The summed E-state index contributed by atoms with van der Waals surface area (Å²) >= 11 is 1.44. The molecule has 1 N–H and O–H groups in total. The number of carbonyl (C=O) groups excluding carboxylic acids is 2. The lowest BCUT2D eigenvalue weighted by atomic mass is 10.2. The van der Waals surface area contributed by atoms with Crippen LogP contribution < -0.4 is 5.32 Å². The molecule has 0 heterocycles. The van der Waals surface area contributed by atoms with Gasteiger partial charge in [0.25, 0.3) is 5.69 Å². The number of esters is 1.